The number of para-hydroxylation sites is 1. The minimum atomic E-state index is -0.446. The fourth-order valence-electron chi connectivity index (χ4n) is 1.59. The van der Waals surface area contributed by atoms with Crippen molar-refractivity contribution in [1.82, 2.24) is 0 Å². The fraction of sp³-hybridized carbons (Fsp3) is 0.571. The highest BCUT2D eigenvalue weighted by Gasteiger charge is 2.10. The van der Waals surface area contributed by atoms with Crippen molar-refractivity contribution in [2.45, 2.75) is 32.8 Å². The lowest BCUT2D eigenvalue weighted by Gasteiger charge is -2.14. The zero-order valence-electron chi connectivity index (χ0n) is 10.7. The molecule has 3 nitrogen and oxygen atoms in total. The van der Waals surface area contributed by atoms with Crippen molar-refractivity contribution >= 4 is 0 Å². The number of rotatable bonds is 8. The summed E-state index contributed by atoms with van der Waals surface area (Å²) in [6.45, 7) is 6.01. The summed E-state index contributed by atoms with van der Waals surface area (Å²) < 4.78 is 10.9. The largest absolute Gasteiger partial charge is 0.493 e. The van der Waals surface area contributed by atoms with Crippen LogP contribution in [0.3, 0.4) is 0 Å². The molecule has 1 aromatic carbocycles. The van der Waals surface area contributed by atoms with E-state index in [0.717, 1.165) is 30.9 Å². The normalized spacial score (nSPS) is 12.4. The zero-order chi connectivity index (χ0) is 12.5. The molecular weight excluding hydrogens is 216 g/mol. The second-order valence-corrected chi connectivity index (χ2v) is 3.86. The molecule has 0 saturated carbocycles. The molecule has 1 aromatic rings. The highest BCUT2D eigenvalue weighted by Crippen LogP contribution is 2.26. The van der Waals surface area contributed by atoms with E-state index in [-0.39, 0.29) is 0 Å². The van der Waals surface area contributed by atoms with Crippen LogP contribution in [0.5, 0.6) is 5.75 Å². The van der Waals surface area contributed by atoms with Gasteiger partial charge in [-0.05, 0) is 19.4 Å². The van der Waals surface area contributed by atoms with Crippen LogP contribution >= 0.6 is 0 Å². The van der Waals surface area contributed by atoms with Crippen molar-refractivity contribution in [3.63, 3.8) is 0 Å². The summed E-state index contributed by atoms with van der Waals surface area (Å²) in [7, 11) is 0. The molecule has 96 valence electrons. The number of aliphatic hydroxyl groups is 1. The van der Waals surface area contributed by atoms with Crippen LogP contribution in [0.1, 0.15) is 38.4 Å². The summed E-state index contributed by atoms with van der Waals surface area (Å²) in [5, 5.41) is 9.85. The van der Waals surface area contributed by atoms with E-state index in [1.807, 2.05) is 38.1 Å². The molecule has 0 radical (unpaired) electrons. The molecule has 17 heavy (non-hydrogen) atoms. The summed E-state index contributed by atoms with van der Waals surface area (Å²) >= 11 is 0. The highest BCUT2D eigenvalue weighted by molar-refractivity contribution is 5.34. The van der Waals surface area contributed by atoms with Gasteiger partial charge < -0.3 is 14.6 Å². The topological polar surface area (TPSA) is 38.7 Å². The van der Waals surface area contributed by atoms with Crippen LogP contribution < -0.4 is 4.74 Å². The molecule has 1 atom stereocenters. The van der Waals surface area contributed by atoms with E-state index in [4.69, 9.17) is 9.47 Å². The molecule has 0 aliphatic heterocycles. The third-order valence-electron chi connectivity index (χ3n) is 2.56. The molecule has 1 unspecified atom stereocenters. The number of ether oxygens (including phenoxy) is 2. The van der Waals surface area contributed by atoms with E-state index in [0.29, 0.717) is 13.0 Å². The van der Waals surface area contributed by atoms with Crippen molar-refractivity contribution in [2.24, 2.45) is 0 Å². The van der Waals surface area contributed by atoms with Crippen LogP contribution in [-0.2, 0) is 4.74 Å². The third kappa shape index (κ3) is 4.75. The summed E-state index contributed by atoms with van der Waals surface area (Å²) in [6.07, 6.45) is 1.11. The Morgan fingerprint density at radius 3 is 2.65 bits per heavy atom. The van der Waals surface area contributed by atoms with Crippen LogP contribution in [0.25, 0.3) is 0 Å². The van der Waals surface area contributed by atoms with Crippen LogP contribution in [0.2, 0.25) is 0 Å². The summed E-state index contributed by atoms with van der Waals surface area (Å²) in [5.41, 5.74) is 0.867. The second-order valence-electron chi connectivity index (χ2n) is 3.86. The van der Waals surface area contributed by atoms with Crippen LogP contribution in [0, 0.1) is 0 Å². The van der Waals surface area contributed by atoms with Gasteiger partial charge in [0.15, 0.2) is 0 Å². The maximum absolute atomic E-state index is 9.85. The minimum absolute atomic E-state index is 0.446. The van der Waals surface area contributed by atoms with Crippen molar-refractivity contribution in [3.8, 4) is 5.75 Å². The van der Waals surface area contributed by atoms with Gasteiger partial charge in [0.05, 0.1) is 12.7 Å². The van der Waals surface area contributed by atoms with Gasteiger partial charge in [0.2, 0.25) is 0 Å². The van der Waals surface area contributed by atoms with Gasteiger partial charge in [0.1, 0.15) is 5.75 Å². The van der Waals surface area contributed by atoms with Crippen molar-refractivity contribution < 1.29 is 14.6 Å². The smallest absolute Gasteiger partial charge is 0.125 e. The Bertz CT molecular complexity index is 312. The molecule has 1 N–H and O–H groups in total. The molecule has 0 fully saturated rings. The predicted octanol–water partition coefficient (Wildman–Crippen LogP) is 2.94. The zero-order valence-corrected chi connectivity index (χ0v) is 10.7. The number of hydrogen-bond acceptors (Lipinski definition) is 3. The number of hydrogen-bond donors (Lipinski definition) is 1. The Hall–Kier alpha value is -1.06. The molecule has 0 aromatic heterocycles. The third-order valence-corrected chi connectivity index (χ3v) is 2.56. The Balaban J connectivity index is 2.46. The van der Waals surface area contributed by atoms with Gasteiger partial charge in [-0.3, -0.25) is 0 Å². The number of benzene rings is 1. The van der Waals surface area contributed by atoms with Gasteiger partial charge in [0, 0.05) is 25.2 Å². The average Bonchev–Trinajstić information content (AvgIpc) is 2.38. The lowest BCUT2D eigenvalue weighted by Crippen LogP contribution is -2.06. The quantitative estimate of drug-likeness (QED) is 0.708. The molecule has 0 aliphatic carbocycles. The Morgan fingerprint density at radius 2 is 1.94 bits per heavy atom. The van der Waals surface area contributed by atoms with Gasteiger partial charge in [-0.1, -0.05) is 25.1 Å². The van der Waals surface area contributed by atoms with Crippen molar-refractivity contribution in [2.75, 3.05) is 19.8 Å². The molecule has 0 heterocycles. The second kappa shape index (κ2) is 8.09. The van der Waals surface area contributed by atoms with Gasteiger partial charge in [0.25, 0.3) is 0 Å². The Kier molecular flexibility index (Phi) is 6.67. The van der Waals surface area contributed by atoms with E-state index < -0.39 is 6.10 Å². The first-order valence-electron chi connectivity index (χ1n) is 6.27. The predicted molar refractivity (Wildman–Crippen MR) is 68.3 cm³/mol. The van der Waals surface area contributed by atoms with Crippen LogP contribution in [0.4, 0.5) is 0 Å². The van der Waals surface area contributed by atoms with Crippen molar-refractivity contribution in [3.05, 3.63) is 29.8 Å². The summed E-state index contributed by atoms with van der Waals surface area (Å²) in [6, 6.07) is 7.64. The van der Waals surface area contributed by atoms with E-state index in [1.165, 1.54) is 0 Å². The first-order chi connectivity index (χ1) is 8.29. The first-order valence-corrected chi connectivity index (χ1v) is 6.27. The molecule has 3 heteroatoms. The van der Waals surface area contributed by atoms with Gasteiger partial charge >= 0.3 is 0 Å². The highest BCUT2D eigenvalue weighted by atomic mass is 16.5. The molecule has 0 saturated heterocycles. The molecular formula is C14H22O3. The molecule has 0 spiro atoms. The lowest BCUT2D eigenvalue weighted by molar-refractivity contribution is 0.128. The van der Waals surface area contributed by atoms with E-state index in [9.17, 15) is 5.11 Å². The Morgan fingerprint density at radius 1 is 1.18 bits per heavy atom. The number of aliphatic hydroxyl groups excluding tert-OH is 1. The summed E-state index contributed by atoms with van der Waals surface area (Å²) in [5.74, 6) is 0.776. The van der Waals surface area contributed by atoms with Gasteiger partial charge in [-0.15, -0.1) is 0 Å². The maximum Gasteiger partial charge on any atom is 0.125 e. The lowest BCUT2D eigenvalue weighted by atomic mass is 10.1. The Labute approximate surface area is 103 Å². The molecule has 0 aliphatic rings. The van der Waals surface area contributed by atoms with Crippen molar-refractivity contribution in [1.29, 1.82) is 0 Å². The first kappa shape index (κ1) is 14.0. The van der Waals surface area contributed by atoms with E-state index >= 15 is 0 Å². The van der Waals surface area contributed by atoms with E-state index in [2.05, 4.69) is 0 Å². The minimum Gasteiger partial charge on any atom is -0.493 e. The van der Waals surface area contributed by atoms with Crippen LogP contribution in [-0.4, -0.2) is 24.9 Å². The SMILES string of the molecule is CCOCCCOc1ccccc1C(O)CC. The van der Waals surface area contributed by atoms with Gasteiger partial charge in [-0.25, -0.2) is 0 Å². The van der Waals surface area contributed by atoms with Gasteiger partial charge in [-0.2, -0.15) is 0 Å². The van der Waals surface area contributed by atoms with E-state index in [1.54, 1.807) is 0 Å². The maximum atomic E-state index is 9.85. The summed E-state index contributed by atoms with van der Waals surface area (Å²) in [4.78, 5) is 0. The fourth-order valence-corrected chi connectivity index (χ4v) is 1.59. The monoisotopic (exact) mass is 238 g/mol. The van der Waals surface area contributed by atoms with Crippen LogP contribution in [0.15, 0.2) is 24.3 Å². The molecule has 1 rings (SSSR count). The average molecular weight is 238 g/mol. The standard InChI is InChI=1S/C14H22O3/c1-3-13(15)12-8-5-6-9-14(12)17-11-7-10-16-4-2/h5-6,8-9,13,15H,3-4,7,10-11H2,1-2H3. The molecule has 0 bridgehead atoms. The molecule has 0 amide bonds.